The van der Waals surface area contributed by atoms with E-state index in [2.05, 4.69) is 155 Å². The number of hydrogen-bond acceptors (Lipinski definition) is 3. The molecule has 7 rings (SSSR count). The summed E-state index contributed by atoms with van der Waals surface area (Å²) in [5.74, 6) is 2.51. The molecule has 0 aliphatic heterocycles. The van der Waals surface area contributed by atoms with Gasteiger partial charge in [-0.2, -0.15) is 5.10 Å². The molecule has 0 saturated carbocycles. The van der Waals surface area contributed by atoms with Crippen molar-refractivity contribution >= 4 is 21.8 Å². The lowest BCUT2D eigenvalue weighted by Gasteiger charge is -2.19. The third-order valence-corrected chi connectivity index (χ3v) is 10.2. The van der Waals surface area contributed by atoms with Gasteiger partial charge in [0.05, 0.1) is 22.4 Å². The van der Waals surface area contributed by atoms with Crippen LogP contribution in [0.25, 0.3) is 44.4 Å². The van der Waals surface area contributed by atoms with Crippen LogP contribution >= 0.6 is 0 Å². The van der Waals surface area contributed by atoms with Gasteiger partial charge in [-0.25, -0.2) is 9.67 Å². The zero-order valence-electron chi connectivity index (χ0n) is 32.0. The molecule has 3 aromatic heterocycles. The highest BCUT2D eigenvalue weighted by atomic mass is 16.5. The van der Waals surface area contributed by atoms with Crippen molar-refractivity contribution in [2.75, 3.05) is 0 Å². The number of unbranched alkanes of at least 4 members (excludes halogenated alkanes) is 3. The van der Waals surface area contributed by atoms with Gasteiger partial charge in [-0.1, -0.05) is 83.4 Å². The van der Waals surface area contributed by atoms with Crippen LogP contribution in [-0.2, 0) is 12.8 Å². The van der Waals surface area contributed by atoms with Crippen LogP contribution < -0.4 is 4.74 Å². The van der Waals surface area contributed by atoms with E-state index in [0.717, 1.165) is 64.7 Å². The van der Waals surface area contributed by atoms with Crippen LogP contribution in [0, 0.1) is 26.2 Å². The topological polar surface area (TPSA) is 44.9 Å². The Bertz CT molecular complexity index is 2340. The lowest BCUT2D eigenvalue weighted by atomic mass is 9.88. The van der Waals surface area contributed by atoms with Crippen molar-refractivity contribution in [3.05, 3.63) is 131 Å². The molecule has 0 aliphatic rings. The van der Waals surface area contributed by atoms with E-state index in [9.17, 15) is 0 Å². The molecule has 0 atom stereocenters. The molecular formula is C47H52N4O. The van der Waals surface area contributed by atoms with Crippen LogP contribution in [-0.4, -0.2) is 19.3 Å². The third-order valence-electron chi connectivity index (χ3n) is 10.2. The van der Waals surface area contributed by atoms with Crippen molar-refractivity contribution in [2.24, 2.45) is 5.41 Å². The maximum absolute atomic E-state index is 6.82. The summed E-state index contributed by atoms with van der Waals surface area (Å²) >= 11 is 0. The summed E-state index contributed by atoms with van der Waals surface area (Å²) in [7, 11) is 0. The SMILES string of the molecule is CCCCCCc1ccc2c(c1)c1ccc(Oc3cc(CCC(C)(C)C)cc(-n4nc(C)c(-c5ccccc5)c4C)c3)cc1n2-c1cc(C)ccn1. The molecule has 0 fully saturated rings. The lowest BCUT2D eigenvalue weighted by Crippen LogP contribution is -2.07. The molecule has 0 unspecified atom stereocenters. The van der Waals surface area contributed by atoms with Crippen molar-refractivity contribution in [3.8, 4) is 34.1 Å². The first kappa shape index (κ1) is 35.3. The smallest absolute Gasteiger partial charge is 0.137 e. The van der Waals surface area contributed by atoms with Crippen LogP contribution in [0.2, 0.25) is 0 Å². The third kappa shape index (κ3) is 7.55. The molecule has 5 nitrogen and oxygen atoms in total. The number of aromatic nitrogens is 4. The average Bonchev–Trinajstić information content (AvgIpc) is 3.61. The lowest BCUT2D eigenvalue weighted by molar-refractivity contribution is 0.378. The largest absolute Gasteiger partial charge is 0.457 e. The predicted molar refractivity (Wildman–Crippen MR) is 217 cm³/mol. The number of pyridine rings is 1. The van der Waals surface area contributed by atoms with E-state index in [1.54, 1.807) is 0 Å². The molecule has 0 saturated heterocycles. The van der Waals surface area contributed by atoms with Gasteiger partial charge in [0.2, 0.25) is 0 Å². The zero-order chi connectivity index (χ0) is 36.4. The fraction of sp³-hybridized carbons (Fsp3) is 0.319. The maximum Gasteiger partial charge on any atom is 0.137 e. The Kier molecular flexibility index (Phi) is 10.1. The molecule has 0 bridgehead atoms. The van der Waals surface area contributed by atoms with Gasteiger partial charge in [-0.05, 0) is 123 Å². The summed E-state index contributed by atoms with van der Waals surface area (Å²) in [5.41, 5.74) is 11.8. The van der Waals surface area contributed by atoms with Crippen molar-refractivity contribution < 1.29 is 4.74 Å². The van der Waals surface area contributed by atoms with Crippen LogP contribution in [0.5, 0.6) is 11.5 Å². The van der Waals surface area contributed by atoms with Crippen LogP contribution in [0.3, 0.4) is 0 Å². The maximum atomic E-state index is 6.82. The van der Waals surface area contributed by atoms with Crippen molar-refractivity contribution in [2.45, 2.75) is 93.4 Å². The number of benzene rings is 4. The quantitative estimate of drug-likeness (QED) is 0.120. The van der Waals surface area contributed by atoms with Gasteiger partial charge in [0.25, 0.3) is 0 Å². The van der Waals surface area contributed by atoms with Gasteiger partial charge in [0.1, 0.15) is 17.3 Å². The molecule has 0 aliphatic carbocycles. The van der Waals surface area contributed by atoms with Gasteiger partial charge in [0, 0.05) is 40.4 Å². The summed E-state index contributed by atoms with van der Waals surface area (Å²) in [6.07, 6.45) is 10.1. The normalized spacial score (nSPS) is 11.9. The van der Waals surface area contributed by atoms with Gasteiger partial charge in [0.15, 0.2) is 0 Å². The summed E-state index contributed by atoms with van der Waals surface area (Å²) in [6, 6.07) is 34.8. The minimum absolute atomic E-state index is 0.216. The standard InChI is InChI=1S/C47H52N4O/c1-8-9-10-12-15-35-18-21-43-42(29-35)41-20-19-39(31-44(41)50(43)45-26-32(2)23-25-48-45)52-40-28-36(22-24-47(5,6)7)27-38(30-40)51-34(4)46(33(3)49-51)37-16-13-11-14-17-37/h11,13-14,16-21,23,25-31H,8-10,12,15,22,24H2,1-7H3. The Balaban J connectivity index is 1.31. The second-order valence-corrected chi connectivity index (χ2v) is 15.7. The Labute approximate surface area is 309 Å². The van der Waals surface area contributed by atoms with Gasteiger partial charge in [-0.3, -0.25) is 4.57 Å². The van der Waals surface area contributed by atoms with Crippen molar-refractivity contribution in [1.29, 1.82) is 0 Å². The summed E-state index contributed by atoms with van der Waals surface area (Å²) in [4.78, 5) is 4.84. The number of aryl methyl sites for hydroxylation is 4. The Morgan fingerprint density at radius 2 is 1.52 bits per heavy atom. The van der Waals surface area contributed by atoms with E-state index in [0.29, 0.717) is 0 Å². The fourth-order valence-corrected chi connectivity index (χ4v) is 7.45. The van der Waals surface area contributed by atoms with Gasteiger partial charge in [-0.15, -0.1) is 0 Å². The zero-order valence-corrected chi connectivity index (χ0v) is 32.0. The second kappa shape index (κ2) is 14.8. The molecule has 266 valence electrons. The Morgan fingerprint density at radius 1 is 0.692 bits per heavy atom. The molecule has 0 amide bonds. The molecule has 7 aromatic rings. The predicted octanol–water partition coefficient (Wildman–Crippen LogP) is 12.9. The van der Waals surface area contributed by atoms with E-state index < -0.39 is 0 Å². The molecule has 0 N–H and O–H groups in total. The molecule has 52 heavy (non-hydrogen) atoms. The molecule has 0 radical (unpaired) electrons. The number of hydrogen-bond donors (Lipinski definition) is 0. The monoisotopic (exact) mass is 688 g/mol. The fourth-order valence-electron chi connectivity index (χ4n) is 7.45. The minimum atomic E-state index is 0.216. The van der Waals surface area contributed by atoms with Gasteiger partial charge < -0.3 is 4.74 Å². The first-order chi connectivity index (χ1) is 25.1. The van der Waals surface area contributed by atoms with Crippen LogP contribution in [0.1, 0.15) is 87.9 Å². The van der Waals surface area contributed by atoms with Crippen LogP contribution in [0.4, 0.5) is 0 Å². The number of ether oxygens (including phenoxy) is 1. The van der Waals surface area contributed by atoms with E-state index in [1.165, 1.54) is 64.3 Å². The van der Waals surface area contributed by atoms with E-state index in [4.69, 9.17) is 14.8 Å². The number of fused-ring (bicyclic) bond motifs is 3. The number of rotatable bonds is 12. The molecule has 4 aromatic carbocycles. The second-order valence-electron chi connectivity index (χ2n) is 15.7. The summed E-state index contributed by atoms with van der Waals surface area (Å²) in [6.45, 7) is 15.5. The first-order valence-electron chi connectivity index (χ1n) is 19.0. The average molecular weight is 689 g/mol. The number of nitrogens with zero attached hydrogens (tertiary/aromatic N) is 4. The summed E-state index contributed by atoms with van der Waals surface area (Å²) in [5, 5.41) is 7.52. The Morgan fingerprint density at radius 3 is 2.29 bits per heavy atom. The molecular weight excluding hydrogens is 637 g/mol. The van der Waals surface area contributed by atoms with Gasteiger partial charge >= 0.3 is 0 Å². The summed E-state index contributed by atoms with van der Waals surface area (Å²) < 4.78 is 11.2. The van der Waals surface area contributed by atoms with E-state index >= 15 is 0 Å². The minimum Gasteiger partial charge on any atom is -0.457 e. The highest BCUT2D eigenvalue weighted by molar-refractivity contribution is 6.09. The first-order valence-corrected chi connectivity index (χ1v) is 19.0. The van der Waals surface area contributed by atoms with Crippen molar-refractivity contribution in [1.82, 2.24) is 19.3 Å². The van der Waals surface area contributed by atoms with E-state index in [1.807, 2.05) is 6.20 Å². The highest BCUT2D eigenvalue weighted by Gasteiger charge is 2.19. The molecule has 0 spiro atoms. The van der Waals surface area contributed by atoms with Crippen LogP contribution in [0.15, 0.2) is 103 Å². The van der Waals surface area contributed by atoms with Crippen molar-refractivity contribution in [3.63, 3.8) is 0 Å². The Hall–Kier alpha value is -5.16. The van der Waals surface area contributed by atoms with E-state index in [-0.39, 0.29) is 5.41 Å². The highest BCUT2D eigenvalue weighted by Crippen LogP contribution is 2.37. The molecule has 3 heterocycles. The molecule has 5 heteroatoms.